The number of amides is 2. The number of aromatic nitrogens is 1. The lowest BCUT2D eigenvalue weighted by Gasteiger charge is -2.34. The average Bonchev–Trinajstić information content (AvgIpc) is 3.73. The Hall–Kier alpha value is -3.21. The van der Waals surface area contributed by atoms with Crippen LogP contribution in [0.4, 0.5) is 10.5 Å². The van der Waals surface area contributed by atoms with Crippen LogP contribution in [0.3, 0.4) is 0 Å². The van der Waals surface area contributed by atoms with Crippen molar-refractivity contribution in [1.82, 2.24) is 14.6 Å². The van der Waals surface area contributed by atoms with E-state index in [0.29, 0.717) is 30.2 Å². The molecule has 0 bridgehead atoms. The average molecular weight is 599 g/mol. The number of piperidine rings is 1. The summed E-state index contributed by atoms with van der Waals surface area (Å²) in [6.07, 6.45) is 5.25. The van der Waals surface area contributed by atoms with E-state index in [1.54, 1.807) is 41.6 Å². The molecule has 9 nitrogen and oxygen atoms in total. The molecular formula is C30H35ClN4O5S. The minimum atomic E-state index is -3.72. The maximum atomic E-state index is 13.0. The number of fused-ring (bicyclic) bond motifs is 1. The van der Waals surface area contributed by atoms with Crippen LogP contribution in [0.25, 0.3) is 10.8 Å². The summed E-state index contributed by atoms with van der Waals surface area (Å²) < 4.78 is 34.1. The zero-order valence-corrected chi connectivity index (χ0v) is 25.0. The first-order valence-electron chi connectivity index (χ1n) is 13.8. The van der Waals surface area contributed by atoms with E-state index in [-0.39, 0.29) is 41.2 Å². The van der Waals surface area contributed by atoms with E-state index in [1.807, 2.05) is 39.0 Å². The molecular weight excluding hydrogens is 564 g/mol. The van der Waals surface area contributed by atoms with Gasteiger partial charge in [-0.2, -0.15) is 0 Å². The highest BCUT2D eigenvalue weighted by molar-refractivity contribution is 7.89. The summed E-state index contributed by atoms with van der Waals surface area (Å²) in [5, 5.41) is 5.21. The number of halogens is 1. The molecule has 1 saturated heterocycles. The van der Waals surface area contributed by atoms with Gasteiger partial charge in [-0.3, -0.25) is 9.78 Å². The van der Waals surface area contributed by atoms with Crippen molar-refractivity contribution in [3.63, 3.8) is 0 Å². The van der Waals surface area contributed by atoms with E-state index >= 15 is 0 Å². The molecule has 0 radical (unpaired) electrons. The standard InChI is InChI=1S/C30H35ClN4O5S/c1-30(2,3)40-29(37)35-12-4-5-19(18-35)15-33-41(38,39)23-10-7-20(8-11-23)24-14-26(24)28(36)34-22-9-6-21-16-32-17-27(31)25(21)13-22/h6-11,13,16-17,19,24,26,33H,4-5,12,14-15,18H2,1-3H3,(H,34,36)/t19-,24-,26+/m0/s1. The Balaban J connectivity index is 1.14. The zero-order valence-electron chi connectivity index (χ0n) is 23.4. The van der Waals surface area contributed by atoms with Gasteiger partial charge in [0, 0.05) is 54.4 Å². The Labute approximate surface area is 245 Å². The highest BCUT2D eigenvalue weighted by Gasteiger charge is 2.44. The van der Waals surface area contributed by atoms with Crippen LogP contribution < -0.4 is 10.0 Å². The number of pyridine rings is 1. The summed E-state index contributed by atoms with van der Waals surface area (Å²) >= 11 is 6.24. The minimum absolute atomic E-state index is 0.00588. The first-order valence-corrected chi connectivity index (χ1v) is 15.7. The van der Waals surface area contributed by atoms with Crippen LogP contribution >= 0.6 is 11.6 Å². The van der Waals surface area contributed by atoms with Gasteiger partial charge in [0.05, 0.1) is 9.92 Å². The van der Waals surface area contributed by atoms with Gasteiger partial charge >= 0.3 is 6.09 Å². The summed E-state index contributed by atoms with van der Waals surface area (Å²) in [5.74, 6) is -0.218. The van der Waals surface area contributed by atoms with E-state index < -0.39 is 15.6 Å². The molecule has 0 spiro atoms. The number of benzene rings is 2. The molecule has 2 N–H and O–H groups in total. The molecule has 11 heteroatoms. The van der Waals surface area contributed by atoms with Gasteiger partial charge in [-0.05, 0) is 81.7 Å². The molecule has 2 amide bonds. The predicted octanol–water partition coefficient (Wildman–Crippen LogP) is 5.56. The number of hydrogen-bond donors (Lipinski definition) is 2. The number of likely N-dealkylation sites (tertiary alicyclic amines) is 1. The van der Waals surface area contributed by atoms with Crippen molar-refractivity contribution in [1.29, 1.82) is 0 Å². The van der Waals surface area contributed by atoms with E-state index in [0.717, 1.165) is 29.2 Å². The first kappa shape index (κ1) is 29.3. The first-order chi connectivity index (χ1) is 19.4. The number of nitrogens with one attached hydrogen (secondary N) is 2. The molecule has 1 aliphatic heterocycles. The van der Waals surface area contributed by atoms with E-state index in [9.17, 15) is 18.0 Å². The molecule has 1 aliphatic carbocycles. The van der Waals surface area contributed by atoms with Crippen molar-refractivity contribution in [2.24, 2.45) is 11.8 Å². The number of hydrogen-bond acceptors (Lipinski definition) is 6. The van der Waals surface area contributed by atoms with Crippen molar-refractivity contribution in [2.75, 3.05) is 25.0 Å². The molecule has 1 saturated carbocycles. The maximum Gasteiger partial charge on any atom is 0.410 e. The predicted molar refractivity (Wildman–Crippen MR) is 158 cm³/mol. The van der Waals surface area contributed by atoms with Crippen LogP contribution in [0.2, 0.25) is 5.02 Å². The topological polar surface area (TPSA) is 118 Å². The number of rotatable bonds is 7. The summed E-state index contributed by atoms with van der Waals surface area (Å²) in [4.78, 5) is 31.2. The number of ether oxygens (including phenoxy) is 1. The van der Waals surface area contributed by atoms with Crippen LogP contribution in [-0.4, -0.2) is 55.5 Å². The third-order valence-electron chi connectivity index (χ3n) is 7.46. The molecule has 0 unspecified atom stereocenters. The van der Waals surface area contributed by atoms with Crippen LogP contribution in [0.1, 0.15) is 51.5 Å². The van der Waals surface area contributed by atoms with Crippen LogP contribution in [0.15, 0.2) is 59.8 Å². The number of nitrogens with zero attached hydrogens (tertiary/aromatic N) is 2. The lowest BCUT2D eigenvalue weighted by molar-refractivity contribution is -0.117. The highest BCUT2D eigenvalue weighted by Crippen LogP contribution is 2.48. The molecule has 2 aromatic carbocycles. The largest absolute Gasteiger partial charge is 0.444 e. The van der Waals surface area contributed by atoms with Crippen molar-refractivity contribution in [3.05, 3.63) is 65.4 Å². The van der Waals surface area contributed by atoms with Gasteiger partial charge in [0.1, 0.15) is 5.60 Å². The van der Waals surface area contributed by atoms with Crippen molar-refractivity contribution in [3.8, 4) is 0 Å². The lowest BCUT2D eigenvalue weighted by Crippen LogP contribution is -2.45. The number of carbonyl (C=O) groups is 2. The molecule has 218 valence electrons. The fourth-order valence-electron chi connectivity index (χ4n) is 5.22. The summed E-state index contributed by atoms with van der Waals surface area (Å²) in [7, 11) is -3.72. The van der Waals surface area contributed by atoms with Crippen LogP contribution in [0, 0.1) is 11.8 Å². The second-order valence-electron chi connectivity index (χ2n) is 11.9. The number of carbonyl (C=O) groups excluding carboxylic acids is 2. The quantitative estimate of drug-likeness (QED) is 0.368. The summed E-state index contributed by atoms with van der Waals surface area (Å²) in [5.41, 5.74) is 1.02. The smallest absolute Gasteiger partial charge is 0.410 e. The minimum Gasteiger partial charge on any atom is -0.444 e. The second-order valence-corrected chi connectivity index (χ2v) is 14.0. The molecule has 5 rings (SSSR count). The number of sulfonamides is 1. The van der Waals surface area contributed by atoms with Crippen molar-refractivity contribution < 1.29 is 22.7 Å². The van der Waals surface area contributed by atoms with Crippen LogP contribution in [0.5, 0.6) is 0 Å². The van der Waals surface area contributed by atoms with Crippen LogP contribution in [-0.2, 0) is 19.6 Å². The van der Waals surface area contributed by atoms with Crippen molar-refractivity contribution >= 4 is 50.1 Å². The van der Waals surface area contributed by atoms with Gasteiger partial charge in [0.2, 0.25) is 15.9 Å². The fraction of sp³-hybridized carbons (Fsp3) is 0.433. The van der Waals surface area contributed by atoms with Gasteiger partial charge in [0.25, 0.3) is 0 Å². The Morgan fingerprint density at radius 2 is 1.88 bits per heavy atom. The third-order valence-corrected chi connectivity index (χ3v) is 9.20. The van der Waals surface area contributed by atoms with E-state index in [2.05, 4.69) is 15.0 Å². The summed E-state index contributed by atoms with van der Waals surface area (Å²) in [6.45, 7) is 6.77. The normalized spacial score (nSPS) is 21.0. The summed E-state index contributed by atoms with van der Waals surface area (Å²) in [6, 6.07) is 12.2. The molecule has 1 aromatic heterocycles. The monoisotopic (exact) mass is 598 g/mol. The van der Waals surface area contributed by atoms with E-state index in [1.165, 1.54) is 0 Å². The lowest BCUT2D eigenvalue weighted by atomic mass is 9.99. The number of anilines is 1. The second kappa shape index (κ2) is 11.6. The van der Waals surface area contributed by atoms with Gasteiger partial charge in [-0.1, -0.05) is 29.8 Å². The molecule has 3 atom stereocenters. The van der Waals surface area contributed by atoms with Gasteiger partial charge in [-0.15, -0.1) is 0 Å². The fourth-order valence-corrected chi connectivity index (χ4v) is 6.56. The SMILES string of the molecule is CC(C)(C)OC(=O)N1CCC[C@@H](CNS(=O)(=O)c2ccc([C@@H]3C[C@H]3C(=O)Nc3ccc4cncc(Cl)c4c3)cc2)C1. The molecule has 3 aromatic rings. The molecule has 41 heavy (non-hydrogen) atoms. The Bertz CT molecular complexity index is 1560. The molecule has 2 aliphatic rings. The third kappa shape index (κ3) is 7.17. The Kier molecular flexibility index (Phi) is 8.27. The van der Waals surface area contributed by atoms with Gasteiger partial charge < -0.3 is 15.0 Å². The Morgan fingerprint density at radius 1 is 1.12 bits per heavy atom. The molecule has 2 heterocycles. The van der Waals surface area contributed by atoms with E-state index in [4.69, 9.17) is 16.3 Å². The zero-order chi connectivity index (χ0) is 29.4. The molecule has 2 fully saturated rings. The van der Waals surface area contributed by atoms with Gasteiger partial charge in [-0.25, -0.2) is 17.9 Å². The highest BCUT2D eigenvalue weighted by atomic mass is 35.5. The Morgan fingerprint density at radius 3 is 2.61 bits per heavy atom. The van der Waals surface area contributed by atoms with Crippen molar-refractivity contribution in [2.45, 2.75) is 56.4 Å². The van der Waals surface area contributed by atoms with Gasteiger partial charge in [0.15, 0.2) is 0 Å². The maximum absolute atomic E-state index is 13.0.